The number of rotatable bonds is 7. The minimum absolute atomic E-state index is 0.433. The summed E-state index contributed by atoms with van der Waals surface area (Å²) in [6, 6.07) is 1.82. The first-order valence-corrected chi connectivity index (χ1v) is 6.58. The Bertz CT molecular complexity index is 320. The van der Waals surface area contributed by atoms with Crippen LogP contribution in [0.15, 0.2) is 11.1 Å². The van der Waals surface area contributed by atoms with Gasteiger partial charge in [-0.25, -0.2) is 9.97 Å². The molecule has 0 atom stereocenters. The van der Waals surface area contributed by atoms with E-state index in [0.29, 0.717) is 24.9 Å². The zero-order valence-electron chi connectivity index (χ0n) is 9.90. The zero-order chi connectivity index (χ0) is 11.8. The van der Waals surface area contributed by atoms with Gasteiger partial charge in [0.1, 0.15) is 17.5 Å². The smallest absolute Gasteiger partial charge is 0.157 e. The van der Waals surface area contributed by atoms with E-state index in [2.05, 4.69) is 16.9 Å². The fraction of sp³-hybridized carbons (Fsp3) is 0.636. The molecular formula is C11H19N3OS. The van der Waals surface area contributed by atoms with Crippen molar-refractivity contribution < 1.29 is 4.74 Å². The molecule has 0 saturated carbocycles. The number of unbranched alkanes of at least 4 members (excludes halogenated alkanes) is 1. The summed E-state index contributed by atoms with van der Waals surface area (Å²) in [6.07, 6.45) is 2.38. The molecule has 2 N–H and O–H groups in total. The maximum atomic E-state index is 5.72. The highest BCUT2D eigenvalue weighted by molar-refractivity contribution is 7.99. The standard InChI is InChI=1S/C11H19N3OS/c1-3-5-6-16-11-7-9(12)13-10(14-11)8-15-4-2/h7H,3-6,8H2,1-2H3,(H2,12,13,14). The van der Waals surface area contributed by atoms with Crippen molar-refractivity contribution in [3.05, 3.63) is 11.9 Å². The van der Waals surface area contributed by atoms with Crippen molar-refractivity contribution in [1.82, 2.24) is 9.97 Å². The summed E-state index contributed by atoms with van der Waals surface area (Å²) < 4.78 is 5.27. The number of thioether (sulfide) groups is 1. The van der Waals surface area contributed by atoms with Gasteiger partial charge in [-0.3, -0.25) is 0 Å². The fourth-order valence-corrected chi connectivity index (χ4v) is 2.16. The second-order valence-electron chi connectivity index (χ2n) is 3.39. The van der Waals surface area contributed by atoms with Crippen LogP contribution in [0.1, 0.15) is 32.5 Å². The van der Waals surface area contributed by atoms with Crippen LogP contribution in [0.5, 0.6) is 0 Å². The van der Waals surface area contributed by atoms with E-state index in [-0.39, 0.29) is 0 Å². The van der Waals surface area contributed by atoms with E-state index in [1.807, 2.05) is 13.0 Å². The largest absolute Gasteiger partial charge is 0.384 e. The van der Waals surface area contributed by atoms with Crippen molar-refractivity contribution in [2.75, 3.05) is 18.1 Å². The van der Waals surface area contributed by atoms with Crippen LogP contribution in [0.4, 0.5) is 5.82 Å². The molecule has 1 aromatic rings. The molecule has 16 heavy (non-hydrogen) atoms. The number of nitrogens with two attached hydrogens (primary N) is 1. The molecule has 0 saturated heterocycles. The highest BCUT2D eigenvalue weighted by Crippen LogP contribution is 2.18. The third-order valence-electron chi connectivity index (χ3n) is 1.95. The molecular weight excluding hydrogens is 222 g/mol. The number of ether oxygens (including phenoxy) is 1. The van der Waals surface area contributed by atoms with Crippen molar-refractivity contribution in [2.24, 2.45) is 0 Å². The number of hydrogen-bond donors (Lipinski definition) is 1. The molecule has 0 fully saturated rings. The van der Waals surface area contributed by atoms with E-state index < -0.39 is 0 Å². The number of aromatic nitrogens is 2. The molecule has 1 heterocycles. The molecule has 5 heteroatoms. The van der Waals surface area contributed by atoms with Crippen LogP contribution >= 0.6 is 11.8 Å². The minimum atomic E-state index is 0.433. The quantitative estimate of drug-likeness (QED) is 0.451. The molecule has 4 nitrogen and oxygen atoms in total. The van der Waals surface area contributed by atoms with Crippen molar-refractivity contribution in [3.8, 4) is 0 Å². The van der Waals surface area contributed by atoms with Crippen molar-refractivity contribution >= 4 is 17.6 Å². The molecule has 0 spiro atoms. The van der Waals surface area contributed by atoms with Gasteiger partial charge < -0.3 is 10.5 Å². The molecule has 0 aromatic carbocycles. The van der Waals surface area contributed by atoms with E-state index in [0.717, 1.165) is 10.8 Å². The summed E-state index contributed by atoms with van der Waals surface area (Å²) in [6.45, 7) is 5.22. The van der Waals surface area contributed by atoms with Gasteiger partial charge in [-0.1, -0.05) is 13.3 Å². The lowest BCUT2D eigenvalue weighted by molar-refractivity contribution is 0.128. The molecule has 0 aliphatic rings. The third-order valence-corrected chi connectivity index (χ3v) is 2.95. The van der Waals surface area contributed by atoms with E-state index in [1.165, 1.54) is 12.8 Å². The number of nitrogen functional groups attached to an aromatic ring is 1. The first kappa shape index (κ1) is 13.3. The lowest BCUT2D eigenvalue weighted by Crippen LogP contribution is -2.03. The first-order valence-electron chi connectivity index (χ1n) is 5.60. The molecule has 0 radical (unpaired) electrons. The summed E-state index contributed by atoms with van der Waals surface area (Å²) in [5.41, 5.74) is 5.72. The summed E-state index contributed by atoms with van der Waals surface area (Å²) in [5, 5.41) is 0.940. The molecule has 0 aliphatic carbocycles. The average molecular weight is 241 g/mol. The summed E-state index contributed by atoms with van der Waals surface area (Å²) in [7, 11) is 0. The van der Waals surface area contributed by atoms with Crippen molar-refractivity contribution in [3.63, 3.8) is 0 Å². The van der Waals surface area contributed by atoms with E-state index in [1.54, 1.807) is 11.8 Å². The maximum absolute atomic E-state index is 5.72. The number of hydrogen-bond acceptors (Lipinski definition) is 5. The monoisotopic (exact) mass is 241 g/mol. The van der Waals surface area contributed by atoms with Gasteiger partial charge in [0.2, 0.25) is 0 Å². The molecule has 0 unspecified atom stereocenters. The normalized spacial score (nSPS) is 10.6. The highest BCUT2D eigenvalue weighted by Gasteiger charge is 2.03. The predicted molar refractivity (Wildman–Crippen MR) is 67.4 cm³/mol. The zero-order valence-corrected chi connectivity index (χ0v) is 10.7. The lowest BCUT2D eigenvalue weighted by atomic mass is 10.4. The van der Waals surface area contributed by atoms with Gasteiger partial charge in [0, 0.05) is 12.7 Å². The SMILES string of the molecule is CCCCSc1cc(N)nc(COCC)n1. The van der Waals surface area contributed by atoms with Gasteiger partial charge in [-0.05, 0) is 19.1 Å². The minimum Gasteiger partial charge on any atom is -0.384 e. The molecule has 0 amide bonds. The molecule has 0 bridgehead atoms. The van der Waals surface area contributed by atoms with Crippen LogP contribution < -0.4 is 5.73 Å². The second-order valence-corrected chi connectivity index (χ2v) is 4.50. The lowest BCUT2D eigenvalue weighted by Gasteiger charge is -2.05. The Morgan fingerprint density at radius 1 is 1.38 bits per heavy atom. The van der Waals surface area contributed by atoms with Gasteiger partial charge in [-0.2, -0.15) is 0 Å². The Morgan fingerprint density at radius 3 is 2.88 bits per heavy atom. The summed E-state index contributed by atoms with van der Waals surface area (Å²) >= 11 is 1.72. The first-order chi connectivity index (χ1) is 7.76. The molecule has 1 rings (SSSR count). The fourth-order valence-electron chi connectivity index (χ4n) is 1.15. The van der Waals surface area contributed by atoms with Gasteiger partial charge in [-0.15, -0.1) is 11.8 Å². The number of anilines is 1. The Kier molecular flexibility index (Phi) is 6.18. The summed E-state index contributed by atoms with van der Waals surface area (Å²) in [4.78, 5) is 8.52. The Labute approximate surface area is 101 Å². The van der Waals surface area contributed by atoms with Crippen LogP contribution in [-0.2, 0) is 11.3 Å². The average Bonchev–Trinajstić information content (AvgIpc) is 2.26. The Balaban J connectivity index is 2.58. The van der Waals surface area contributed by atoms with Gasteiger partial charge in [0.15, 0.2) is 5.82 Å². The number of nitrogens with zero attached hydrogens (tertiary/aromatic N) is 2. The van der Waals surface area contributed by atoms with E-state index >= 15 is 0 Å². The Hall–Kier alpha value is -0.810. The molecule has 90 valence electrons. The maximum Gasteiger partial charge on any atom is 0.157 e. The van der Waals surface area contributed by atoms with Gasteiger partial charge in [0.25, 0.3) is 0 Å². The van der Waals surface area contributed by atoms with Crippen LogP contribution in [0.2, 0.25) is 0 Å². The topological polar surface area (TPSA) is 61.0 Å². The van der Waals surface area contributed by atoms with Crippen LogP contribution in [0, 0.1) is 0 Å². The second kappa shape index (κ2) is 7.46. The van der Waals surface area contributed by atoms with Crippen LogP contribution in [0.25, 0.3) is 0 Å². The van der Waals surface area contributed by atoms with Crippen LogP contribution in [0.3, 0.4) is 0 Å². The Morgan fingerprint density at radius 2 is 2.19 bits per heavy atom. The third kappa shape index (κ3) is 4.81. The molecule has 0 aliphatic heterocycles. The van der Waals surface area contributed by atoms with E-state index in [4.69, 9.17) is 10.5 Å². The summed E-state index contributed by atoms with van der Waals surface area (Å²) in [5.74, 6) is 2.26. The predicted octanol–water partition coefficient (Wildman–Crippen LogP) is 2.49. The van der Waals surface area contributed by atoms with Gasteiger partial charge >= 0.3 is 0 Å². The van der Waals surface area contributed by atoms with Crippen LogP contribution in [-0.4, -0.2) is 22.3 Å². The van der Waals surface area contributed by atoms with Gasteiger partial charge in [0.05, 0.1) is 0 Å². The van der Waals surface area contributed by atoms with Crippen molar-refractivity contribution in [1.29, 1.82) is 0 Å². The van der Waals surface area contributed by atoms with E-state index in [9.17, 15) is 0 Å². The van der Waals surface area contributed by atoms with Crippen molar-refractivity contribution in [2.45, 2.75) is 38.3 Å². The molecule has 1 aromatic heterocycles. The highest BCUT2D eigenvalue weighted by atomic mass is 32.2.